The van der Waals surface area contributed by atoms with E-state index in [0.29, 0.717) is 5.15 Å². The lowest BCUT2D eigenvalue weighted by molar-refractivity contribution is 0.623. The molecule has 6 heteroatoms. The van der Waals surface area contributed by atoms with Crippen LogP contribution in [0.1, 0.15) is 11.3 Å². The molecule has 0 aromatic carbocycles. The summed E-state index contributed by atoms with van der Waals surface area (Å²) in [6.07, 6.45) is 0.880. The van der Waals surface area contributed by atoms with Crippen LogP contribution in [-0.2, 0) is 13.0 Å². The van der Waals surface area contributed by atoms with Crippen molar-refractivity contribution in [3.05, 3.63) is 21.7 Å². The van der Waals surface area contributed by atoms with Crippen molar-refractivity contribution in [2.45, 2.75) is 13.0 Å². The Kier molecular flexibility index (Phi) is 3.74. The average Bonchev–Trinajstić information content (AvgIpc) is 2.04. The number of hydrogen-bond donors (Lipinski definition) is 1. The molecule has 1 aromatic rings. The van der Waals surface area contributed by atoms with Crippen molar-refractivity contribution in [2.75, 3.05) is 6.54 Å². The normalized spacial score (nSPS) is 14.6. The van der Waals surface area contributed by atoms with Gasteiger partial charge in [0.25, 0.3) is 0 Å². The molecule has 0 amide bonds. The van der Waals surface area contributed by atoms with Crippen molar-refractivity contribution < 1.29 is 0 Å². The van der Waals surface area contributed by atoms with E-state index >= 15 is 0 Å². The van der Waals surface area contributed by atoms with E-state index in [1.165, 1.54) is 0 Å². The Balaban J connectivity index is 0.000000845. The van der Waals surface area contributed by atoms with E-state index in [4.69, 9.17) is 23.2 Å². The van der Waals surface area contributed by atoms with Crippen molar-refractivity contribution in [3.8, 4) is 0 Å². The topological polar surface area (TPSA) is 37.8 Å². The van der Waals surface area contributed by atoms with Crippen LogP contribution in [0.2, 0.25) is 10.4 Å². The quantitative estimate of drug-likeness (QED) is 0.555. The second-order valence-electron chi connectivity index (χ2n) is 2.64. The van der Waals surface area contributed by atoms with E-state index in [2.05, 4.69) is 15.3 Å². The first-order chi connectivity index (χ1) is 5.77. The third kappa shape index (κ3) is 2.23. The zero-order valence-electron chi connectivity index (χ0n) is 6.68. The van der Waals surface area contributed by atoms with Crippen LogP contribution in [0.4, 0.5) is 0 Å². The molecule has 1 aliphatic heterocycles. The van der Waals surface area contributed by atoms with Crippen molar-refractivity contribution in [1.29, 1.82) is 0 Å². The summed E-state index contributed by atoms with van der Waals surface area (Å²) in [7, 11) is 0. The fraction of sp³-hybridized carbons (Fsp3) is 0.429. The van der Waals surface area contributed by atoms with Crippen molar-refractivity contribution in [1.82, 2.24) is 15.3 Å². The molecular weight excluding hydrogens is 232 g/mol. The van der Waals surface area contributed by atoms with Crippen molar-refractivity contribution in [3.63, 3.8) is 0 Å². The molecule has 0 spiro atoms. The van der Waals surface area contributed by atoms with Crippen molar-refractivity contribution in [2.24, 2.45) is 0 Å². The van der Waals surface area contributed by atoms with Gasteiger partial charge in [-0.15, -0.1) is 12.4 Å². The minimum absolute atomic E-state index is 0. The Morgan fingerprint density at radius 3 is 2.77 bits per heavy atom. The summed E-state index contributed by atoms with van der Waals surface area (Å²) in [5.74, 6) is 0. The summed E-state index contributed by atoms with van der Waals surface area (Å²) in [5.41, 5.74) is 1.95. The highest BCUT2D eigenvalue weighted by molar-refractivity contribution is 6.32. The molecule has 0 aliphatic carbocycles. The first kappa shape index (κ1) is 11.0. The van der Waals surface area contributed by atoms with E-state index in [1.54, 1.807) is 0 Å². The predicted octanol–water partition coefficient (Wildman–Crippen LogP) is 1.85. The molecule has 0 radical (unpaired) electrons. The van der Waals surface area contributed by atoms with Crippen LogP contribution < -0.4 is 5.32 Å². The van der Waals surface area contributed by atoms with Crippen LogP contribution in [-0.4, -0.2) is 16.5 Å². The lowest BCUT2D eigenvalue weighted by Gasteiger charge is -2.16. The van der Waals surface area contributed by atoms with Crippen LogP contribution in [0.15, 0.2) is 0 Å². The summed E-state index contributed by atoms with van der Waals surface area (Å²) in [4.78, 5) is 7.96. The molecule has 13 heavy (non-hydrogen) atoms. The van der Waals surface area contributed by atoms with Gasteiger partial charge in [0.05, 0.1) is 5.69 Å². The van der Waals surface area contributed by atoms with Gasteiger partial charge in [-0.3, -0.25) is 0 Å². The number of nitrogens with one attached hydrogen (secondary N) is 1. The number of rotatable bonds is 0. The molecule has 3 nitrogen and oxygen atoms in total. The number of halogens is 3. The van der Waals surface area contributed by atoms with Crippen LogP contribution in [0.25, 0.3) is 0 Å². The Morgan fingerprint density at radius 2 is 2.00 bits per heavy atom. The highest BCUT2D eigenvalue weighted by atomic mass is 35.5. The second kappa shape index (κ2) is 4.42. The summed E-state index contributed by atoms with van der Waals surface area (Å²) < 4.78 is 0. The molecule has 1 N–H and O–H groups in total. The standard InChI is InChI=1S/C7H7Cl2N3.ClH/c8-6-4-1-2-10-3-5(4)11-7(9)12-6;/h10H,1-3H2;1H. The Bertz CT molecular complexity index is 316. The number of hydrogen-bond acceptors (Lipinski definition) is 3. The van der Waals surface area contributed by atoms with Gasteiger partial charge in [-0.05, 0) is 24.6 Å². The smallest absolute Gasteiger partial charge is 0.224 e. The van der Waals surface area contributed by atoms with Gasteiger partial charge in [-0.2, -0.15) is 0 Å². The molecule has 0 bridgehead atoms. The molecule has 2 rings (SSSR count). The summed E-state index contributed by atoms with van der Waals surface area (Å²) in [6, 6.07) is 0. The first-order valence-electron chi connectivity index (χ1n) is 3.69. The number of fused-ring (bicyclic) bond motifs is 1. The summed E-state index contributed by atoms with van der Waals surface area (Å²) in [5, 5.41) is 3.90. The second-order valence-corrected chi connectivity index (χ2v) is 3.33. The predicted molar refractivity (Wildman–Crippen MR) is 54.7 cm³/mol. The number of aromatic nitrogens is 2. The first-order valence-corrected chi connectivity index (χ1v) is 4.44. The van der Waals surface area contributed by atoms with E-state index in [9.17, 15) is 0 Å². The zero-order chi connectivity index (χ0) is 8.55. The van der Waals surface area contributed by atoms with Gasteiger partial charge >= 0.3 is 0 Å². The minimum Gasteiger partial charge on any atom is -0.311 e. The van der Waals surface area contributed by atoms with Crippen molar-refractivity contribution >= 4 is 35.6 Å². The third-order valence-electron chi connectivity index (χ3n) is 1.86. The fourth-order valence-electron chi connectivity index (χ4n) is 1.29. The Labute approximate surface area is 92.3 Å². The van der Waals surface area contributed by atoms with Crippen LogP contribution in [0, 0.1) is 0 Å². The largest absolute Gasteiger partial charge is 0.311 e. The van der Waals surface area contributed by atoms with Gasteiger partial charge in [-0.25, -0.2) is 9.97 Å². The van der Waals surface area contributed by atoms with Gasteiger partial charge in [-0.1, -0.05) is 11.6 Å². The molecule has 0 saturated heterocycles. The van der Waals surface area contributed by atoms with E-state index in [0.717, 1.165) is 30.8 Å². The van der Waals surface area contributed by atoms with Gasteiger partial charge in [0, 0.05) is 12.1 Å². The monoisotopic (exact) mass is 239 g/mol. The molecule has 2 heterocycles. The zero-order valence-corrected chi connectivity index (χ0v) is 9.01. The molecule has 0 unspecified atom stereocenters. The molecule has 1 aromatic heterocycles. The van der Waals surface area contributed by atoms with E-state index in [-0.39, 0.29) is 17.7 Å². The van der Waals surface area contributed by atoms with E-state index in [1.807, 2.05) is 0 Å². The molecule has 0 fully saturated rings. The Morgan fingerprint density at radius 1 is 1.23 bits per heavy atom. The van der Waals surface area contributed by atoms with Gasteiger partial charge in [0.15, 0.2) is 0 Å². The maximum absolute atomic E-state index is 5.88. The SMILES string of the molecule is Cl.Clc1nc(Cl)c2c(n1)CNCC2. The van der Waals surface area contributed by atoms with Crippen LogP contribution in [0.5, 0.6) is 0 Å². The molecule has 0 atom stereocenters. The van der Waals surface area contributed by atoms with E-state index < -0.39 is 0 Å². The summed E-state index contributed by atoms with van der Waals surface area (Å²) in [6.45, 7) is 1.66. The van der Waals surface area contributed by atoms with Crippen LogP contribution in [0.3, 0.4) is 0 Å². The maximum Gasteiger partial charge on any atom is 0.224 e. The minimum atomic E-state index is 0. The molecule has 1 aliphatic rings. The Hall–Kier alpha value is -0.0900. The highest BCUT2D eigenvalue weighted by Crippen LogP contribution is 2.21. The molecule has 0 saturated carbocycles. The fourth-order valence-corrected chi connectivity index (χ4v) is 1.80. The summed E-state index contributed by atoms with van der Waals surface area (Å²) >= 11 is 11.5. The average molecular weight is 241 g/mol. The number of nitrogens with zero attached hydrogens (tertiary/aromatic N) is 2. The lowest BCUT2D eigenvalue weighted by Crippen LogP contribution is -2.25. The van der Waals surface area contributed by atoms with Gasteiger partial charge < -0.3 is 5.32 Å². The molecule has 72 valence electrons. The lowest BCUT2D eigenvalue weighted by atomic mass is 10.1. The highest BCUT2D eigenvalue weighted by Gasteiger charge is 2.15. The van der Waals surface area contributed by atoms with Gasteiger partial charge in [0.2, 0.25) is 5.28 Å². The van der Waals surface area contributed by atoms with Crippen LogP contribution >= 0.6 is 35.6 Å². The maximum atomic E-state index is 5.88. The van der Waals surface area contributed by atoms with Gasteiger partial charge in [0.1, 0.15) is 5.15 Å². The third-order valence-corrected chi connectivity index (χ3v) is 2.34. The molecular formula is C7H8Cl3N3.